The lowest BCUT2D eigenvalue weighted by Gasteiger charge is -2.22. The van der Waals surface area contributed by atoms with Crippen LogP contribution in [-0.2, 0) is 22.3 Å². The van der Waals surface area contributed by atoms with Crippen molar-refractivity contribution in [2.24, 2.45) is 0 Å². The molecule has 2 aromatic heterocycles. The minimum atomic E-state index is -4.55. The van der Waals surface area contributed by atoms with Crippen LogP contribution in [0, 0.1) is 13.8 Å². The molecule has 176 valence electrons. The first-order chi connectivity index (χ1) is 15.6. The fraction of sp³-hybridized carbons (Fsp3) is 0.333. The van der Waals surface area contributed by atoms with E-state index in [0.29, 0.717) is 17.1 Å². The van der Waals surface area contributed by atoms with Gasteiger partial charge in [-0.2, -0.15) is 13.2 Å². The third kappa shape index (κ3) is 5.47. The van der Waals surface area contributed by atoms with Crippen LogP contribution in [0.1, 0.15) is 46.4 Å². The number of alkyl halides is 3. The highest BCUT2D eigenvalue weighted by Gasteiger charge is 2.34. The first kappa shape index (κ1) is 24.2. The van der Waals surface area contributed by atoms with Crippen molar-refractivity contribution in [1.82, 2.24) is 9.47 Å². The van der Waals surface area contributed by atoms with Crippen LogP contribution in [0.25, 0.3) is 5.69 Å². The Hall–Kier alpha value is -3.49. The van der Waals surface area contributed by atoms with Crippen molar-refractivity contribution >= 4 is 11.9 Å². The van der Waals surface area contributed by atoms with Gasteiger partial charge in [0.25, 0.3) is 5.91 Å². The third-order valence-electron chi connectivity index (χ3n) is 5.22. The van der Waals surface area contributed by atoms with Crippen molar-refractivity contribution in [3.63, 3.8) is 0 Å². The van der Waals surface area contributed by atoms with Crippen molar-refractivity contribution in [3.05, 3.63) is 77.0 Å². The summed E-state index contributed by atoms with van der Waals surface area (Å²) in [6.07, 6.45) is -3.09. The summed E-state index contributed by atoms with van der Waals surface area (Å²) in [7, 11) is 0. The van der Waals surface area contributed by atoms with Gasteiger partial charge in [0, 0.05) is 17.9 Å². The van der Waals surface area contributed by atoms with Crippen molar-refractivity contribution in [3.8, 4) is 5.69 Å². The highest BCUT2D eigenvalue weighted by molar-refractivity contribution is 5.96. The Bertz CT molecular complexity index is 1120. The molecule has 6 nitrogen and oxygen atoms in total. The van der Waals surface area contributed by atoms with E-state index in [1.807, 2.05) is 0 Å². The molecule has 0 radical (unpaired) electrons. The number of benzene rings is 1. The van der Waals surface area contributed by atoms with Crippen LogP contribution in [0.2, 0.25) is 0 Å². The molecule has 0 atom stereocenters. The highest BCUT2D eigenvalue weighted by atomic mass is 19.4. The molecule has 1 amide bonds. The number of aromatic nitrogens is 1. The molecule has 0 spiro atoms. The topological polar surface area (TPSA) is 64.7 Å². The van der Waals surface area contributed by atoms with E-state index in [4.69, 9.17) is 9.15 Å². The highest BCUT2D eigenvalue weighted by Crippen LogP contribution is 2.35. The Morgan fingerprint density at radius 3 is 2.48 bits per heavy atom. The van der Waals surface area contributed by atoms with Crippen molar-refractivity contribution in [2.45, 2.75) is 39.9 Å². The molecule has 0 aliphatic rings. The van der Waals surface area contributed by atoms with Gasteiger partial charge in [0.1, 0.15) is 5.76 Å². The van der Waals surface area contributed by atoms with Crippen LogP contribution in [0.3, 0.4) is 0 Å². The minimum absolute atomic E-state index is 0.0179. The molecule has 0 aliphatic carbocycles. The largest absolute Gasteiger partial charge is 0.467 e. The second-order valence-electron chi connectivity index (χ2n) is 7.50. The molecular weight excluding hydrogens is 437 g/mol. The fourth-order valence-corrected chi connectivity index (χ4v) is 3.73. The molecule has 3 rings (SSSR count). The average Bonchev–Trinajstić information content (AvgIpc) is 3.37. The van der Waals surface area contributed by atoms with E-state index in [1.165, 1.54) is 33.9 Å². The van der Waals surface area contributed by atoms with Gasteiger partial charge in [-0.1, -0.05) is 12.1 Å². The lowest BCUT2D eigenvalue weighted by atomic mass is 10.1. The molecule has 0 fully saturated rings. The zero-order chi connectivity index (χ0) is 24.2. The summed E-state index contributed by atoms with van der Waals surface area (Å²) >= 11 is 0. The quantitative estimate of drug-likeness (QED) is 0.426. The standard InChI is InChI=1S/C24H25F3N2O4/c1-4-32-22(30)11-12-28(15-18-8-7-13-33-18)23(31)19-14-16(2)29(17(19)3)21-10-6-5-9-20(21)24(25,26)27/h5-10,13-14H,4,11-12,15H2,1-3H3. The number of halogens is 3. The summed E-state index contributed by atoms with van der Waals surface area (Å²) in [5.41, 5.74) is 0.259. The second kappa shape index (κ2) is 9.97. The Labute approximate surface area is 189 Å². The van der Waals surface area contributed by atoms with E-state index >= 15 is 0 Å². The molecule has 1 aromatic carbocycles. The van der Waals surface area contributed by atoms with E-state index in [-0.39, 0.29) is 37.4 Å². The molecule has 33 heavy (non-hydrogen) atoms. The maximum Gasteiger partial charge on any atom is 0.418 e. The lowest BCUT2D eigenvalue weighted by molar-refractivity contribution is -0.143. The van der Waals surface area contributed by atoms with Gasteiger partial charge in [0.2, 0.25) is 0 Å². The predicted octanol–water partition coefficient (Wildman–Crippen LogP) is 5.30. The maximum atomic E-state index is 13.6. The second-order valence-corrected chi connectivity index (χ2v) is 7.50. The summed E-state index contributed by atoms with van der Waals surface area (Å²) < 4.78 is 52.5. The molecule has 0 aliphatic heterocycles. The molecule has 2 heterocycles. The number of furan rings is 1. The van der Waals surface area contributed by atoms with Crippen LogP contribution < -0.4 is 0 Å². The molecule has 0 N–H and O–H groups in total. The number of ether oxygens (including phenoxy) is 1. The number of hydrogen-bond acceptors (Lipinski definition) is 4. The smallest absolute Gasteiger partial charge is 0.418 e. The van der Waals surface area contributed by atoms with Gasteiger partial charge in [0.15, 0.2) is 0 Å². The zero-order valence-corrected chi connectivity index (χ0v) is 18.6. The van der Waals surface area contributed by atoms with Gasteiger partial charge in [0.05, 0.1) is 42.6 Å². The van der Waals surface area contributed by atoms with Gasteiger partial charge in [-0.15, -0.1) is 0 Å². The maximum absolute atomic E-state index is 13.6. The predicted molar refractivity (Wildman–Crippen MR) is 115 cm³/mol. The van der Waals surface area contributed by atoms with E-state index in [1.54, 1.807) is 39.0 Å². The number of amides is 1. The molecule has 0 saturated carbocycles. The van der Waals surface area contributed by atoms with Gasteiger partial charge in [-0.25, -0.2) is 0 Å². The Balaban J connectivity index is 1.97. The van der Waals surface area contributed by atoms with Crippen LogP contribution in [-0.4, -0.2) is 34.5 Å². The molecule has 0 unspecified atom stereocenters. The van der Waals surface area contributed by atoms with Gasteiger partial charge < -0.3 is 18.6 Å². The number of carbonyl (C=O) groups is 2. The van der Waals surface area contributed by atoms with E-state index in [9.17, 15) is 22.8 Å². The number of esters is 1. The summed E-state index contributed by atoms with van der Waals surface area (Å²) in [6, 6.07) is 10.2. The van der Waals surface area contributed by atoms with Gasteiger partial charge in [-0.05, 0) is 51.1 Å². The number of hydrogen-bond donors (Lipinski definition) is 0. The summed E-state index contributed by atoms with van der Waals surface area (Å²) in [6.45, 7) is 5.34. The van der Waals surface area contributed by atoms with Gasteiger partial charge in [-0.3, -0.25) is 9.59 Å². The first-order valence-corrected chi connectivity index (χ1v) is 10.5. The number of carbonyl (C=O) groups excluding carboxylic acids is 2. The number of aryl methyl sites for hydroxylation is 1. The molecule has 3 aromatic rings. The van der Waals surface area contributed by atoms with E-state index < -0.39 is 23.6 Å². The third-order valence-corrected chi connectivity index (χ3v) is 5.22. The van der Waals surface area contributed by atoms with Crippen LogP contribution >= 0.6 is 0 Å². The van der Waals surface area contributed by atoms with Crippen LogP contribution in [0.4, 0.5) is 13.2 Å². The number of rotatable bonds is 8. The van der Waals surface area contributed by atoms with E-state index in [0.717, 1.165) is 6.07 Å². The Morgan fingerprint density at radius 1 is 1.12 bits per heavy atom. The molecule has 9 heteroatoms. The fourth-order valence-electron chi connectivity index (χ4n) is 3.73. The lowest BCUT2D eigenvalue weighted by Crippen LogP contribution is -2.33. The summed E-state index contributed by atoms with van der Waals surface area (Å²) in [4.78, 5) is 26.7. The van der Waals surface area contributed by atoms with E-state index in [2.05, 4.69) is 0 Å². The van der Waals surface area contributed by atoms with Crippen LogP contribution in [0.5, 0.6) is 0 Å². The normalized spacial score (nSPS) is 11.5. The Kier molecular flexibility index (Phi) is 7.30. The SMILES string of the molecule is CCOC(=O)CCN(Cc1ccco1)C(=O)c1cc(C)n(-c2ccccc2C(F)(F)F)c1C. The summed E-state index contributed by atoms with van der Waals surface area (Å²) in [5.74, 6) is -0.345. The molecule has 0 bridgehead atoms. The van der Waals surface area contributed by atoms with Crippen molar-refractivity contribution in [2.75, 3.05) is 13.2 Å². The summed E-state index contributed by atoms with van der Waals surface area (Å²) in [5, 5.41) is 0. The van der Waals surface area contributed by atoms with Crippen molar-refractivity contribution in [1.29, 1.82) is 0 Å². The number of nitrogens with zero attached hydrogens (tertiary/aromatic N) is 2. The zero-order valence-electron chi connectivity index (χ0n) is 18.6. The molecule has 0 saturated heterocycles. The molecular formula is C24H25F3N2O4. The van der Waals surface area contributed by atoms with Crippen molar-refractivity contribution < 1.29 is 31.9 Å². The monoisotopic (exact) mass is 462 g/mol. The van der Waals surface area contributed by atoms with Gasteiger partial charge >= 0.3 is 12.1 Å². The number of para-hydroxylation sites is 1. The Morgan fingerprint density at radius 2 is 1.85 bits per heavy atom. The minimum Gasteiger partial charge on any atom is -0.467 e. The average molecular weight is 462 g/mol. The first-order valence-electron chi connectivity index (χ1n) is 10.5. The van der Waals surface area contributed by atoms with Crippen LogP contribution in [0.15, 0.2) is 53.1 Å².